The predicted octanol–water partition coefficient (Wildman–Crippen LogP) is 4.03. The van der Waals surface area contributed by atoms with E-state index in [9.17, 15) is 4.79 Å². The van der Waals surface area contributed by atoms with Gasteiger partial charge in [0.05, 0.1) is 6.34 Å². The van der Waals surface area contributed by atoms with Gasteiger partial charge in [0.2, 0.25) is 0 Å². The largest absolute Gasteiger partial charge is 0.443 e. The number of nitrogens with two attached hydrogens (primary N) is 1. The molecule has 0 saturated heterocycles. The third kappa shape index (κ3) is 6.78. The zero-order valence-electron chi connectivity index (χ0n) is 15.9. The lowest BCUT2D eigenvalue weighted by molar-refractivity contribution is 0.00986. The molecule has 0 bridgehead atoms. The van der Waals surface area contributed by atoms with Crippen LogP contribution in [0.4, 0.5) is 10.5 Å². The second kappa shape index (κ2) is 11.2. The number of ether oxygens (including phenoxy) is 1. The fourth-order valence-corrected chi connectivity index (χ4v) is 3.32. The van der Waals surface area contributed by atoms with Crippen LogP contribution in [0.3, 0.4) is 0 Å². The number of rotatable bonds is 7. The summed E-state index contributed by atoms with van der Waals surface area (Å²) in [6, 6.07) is 7.98. The lowest BCUT2D eigenvalue weighted by Gasteiger charge is -2.28. The Kier molecular flexibility index (Phi) is 9.26. The number of anilines is 1. The summed E-state index contributed by atoms with van der Waals surface area (Å²) in [4.78, 5) is 12.2. The van der Waals surface area contributed by atoms with E-state index in [-0.39, 0.29) is 11.7 Å². The van der Waals surface area contributed by atoms with Crippen molar-refractivity contribution < 1.29 is 9.53 Å². The molecule has 1 aliphatic rings. The van der Waals surface area contributed by atoms with Gasteiger partial charge in [-0.3, -0.25) is 5.41 Å². The summed E-state index contributed by atoms with van der Waals surface area (Å²) < 4.78 is 5.79. The monoisotopic (exact) mass is 360 g/mol. The van der Waals surface area contributed by atoms with E-state index in [0.29, 0.717) is 12.5 Å². The van der Waals surface area contributed by atoms with Gasteiger partial charge < -0.3 is 21.1 Å². The molecule has 2 atom stereocenters. The Hall–Kier alpha value is -2.50. The molecular weight excluding hydrogens is 328 g/mol. The van der Waals surface area contributed by atoms with E-state index in [1.165, 1.54) is 0 Å². The summed E-state index contributed by atoms with van der Waals surface area (Å²) in [5.74, 6) is 0.592. The molecule has 1 amide bonds. The van der Waals surface area contributed by atoms with Crippen molar-refractivity contribution in [1.82, 2.24) is 5.32 Å². The number of carbonyl (C=O) groups excluding carboxylic acids is 1. The van der Waals surface area contributed by atoms with Crippen LogP contribution in [0.25, 0.3) is 0 Å². The minimum absolute atomic E-state index is 0.298. The number of alkyl carbamates (subject to hydrolysis) is 1. The highest BCUT2D eigenvalue weighted by Crippen LogP contribution is 2.41. The molecule has 0 spiro atoms. The Labute approximate surface area is 156 Å². The molecular formula is C20H32N4O2. The average Bonchev–Trinajstić information content (AvgIpc) is 3.04. The van der Waals surface area contributed by atoms with Crippen LogP contribution in [-0.2, 0) is 11.3 Å². The van der Waals surface area contributed by atoms with Gasteiger partial charge in [0.15, 0.2) is 0 Å². The molecule has 0 radical (unpaired) electrons. The SMILES string of the molecule is C=CCC1CCC(CC)(OC(=O)NCc2ccc(NC)cc2)C1.N=CN. The molecule has 0 aromatic heterocycles. The van der Waals surface area contributed by atoms with Crippen LogP contribution >= 0.6 is 0 Å². The van der Waals surface area contributed by atoms with E-state index in [4.69, 9.17) is 10.1 Å². The van der Waals surface area contributed by atoms with Crippen LogP contribution in [0.5, 0.6) is 0 Å². The number of hydrogen-bond donors (Lipinski definition) is 4. The van der Waals surface area contributed by atoms with E-state index in [1.54, 1.807) is 0 Å². The number of carbonyl (C=O) groups is 1. The Bertz CT molecular complexity index is 574. The normalized spacial score (nSPS) is 21.1. The lowest BCUT2D eigenvalue weighted by atomic mass is 9.95. The van der Waals surface area contributed by atoms with Gasteiger partial charge in [-0.2, -0.15) is 0 Å². The number of benzene rings is 1. The molecule has 2 unspecified atom stereocenters. The molecule has 1 saturated carbocycles. The Morgan fingerprint density at radius 1 is 1.46 bits per heavy atom. The van der Waals surface area contributed by atoms with Crippen molar-refractivity contribution in [2.24, 2.45) is 11.7 Å². The fraction of sp³-hybridized carbons (Fsp3) is 0.500. The average molecular weight is 361 g/mol. The first-order valence-corrected chi connectivity index (χ1v) is 9.07. The van der Waals surface area contributed by atoms with Crippen molar-refractivity contribution in [3.8, 4) is 0 Å². The molecule has 5 N–H and O–H groups in total. The quantitative estimate of drug-likeness (QED) is 0.335. The number of allylic oxidation sites excluding steroid dienone is 1. The zero-order chi connectivity index (χ0) is 19.4. The predicted molar refractivity (Wildman–Crippen MR) is 107 cm³/mol. The van der Waals surface area contributed by atoms with E-state index in [1.807, 2.05) is 37.4 Å². The van der Waals surface area contributed by atoms with E-state index < -0.39 is 0 Å². The second-order valence-corrected chi connectivity index (χ2v) is 6.53. The number of hydrogen-bond acceptors (Lipinski definition) is 4. The number of amides is 1. The third-order valence-electron chi connectivity index (χ3n) is 4.80. The lowest BCUT2D eigenvalue weighted by Crippen LogP contribution is -2.36. The van der Waals surface area contributed by atoms with Gasteiger partial charge in [-0.25, -0.2) is 4.79 Å². The van der Waals surface area contributed by atoms with Crippen LogP contribution in [0.1, 0.15) is 44.6 Å². The first-order chi connectivity index (χ1) is 12.5. The van der Waals surface area contributed by atoms with Crippen LogP contribution in [0.2, 0.25) is 0 Å². The molecule has 2 rings (SSSR count). The molecule has 144 valence electrons. The smallest absolute Gasteiger partial charge is 0.407 e. The van der Waals surface area contributed by atoms with E-state index in [0.717, 1.165) is 49.7 Å². The maximum Gasteiger partial charge on any atom is 0.407 e. The van der Waals surface area contributed by atoms with Gasteiger partial charge in [0.25, 0.3) is 0 Å². The van der Waals surface area contributed by atoms with Gasteiger partial charge in [0.1, 0.15) is 5.60 Å². The van der Waals surface area contributed by atoms with Crippen LogP contribution in [0.15, 0.2) is 36.9 Å². The Morgan fingerprint density at radius 3 is 2.65 bits per heavy atom. The minimum Gasteiger partial charge on any atom is -0.443 e. The summed E-state index contributed by atoms with van der Waals surface area (Å²) in [7, 11) is 1.88. The third-order valence-corrected chi connectivity index (χ3v) is 4.80. The summed E-state index contributed by atoms with van der Waals surface area (Å²) in [6.07, 6.45) is 7.27. The van der Waals surface area contributed by atoms with Gasteiger partial charge in [-0.15, -0.1) is 6.58 Å². The standard InChI is InChI=1S/C19H28N2O2.CH4N2/c1-4-6-15-11-12-19(5-2,13-15)23-18(22)21-14-16-7-9-17(20-3)10-8-16;2-1-3/h4,7-10,15,20H,1,5-6,11-14H2,2-3H3,(H,21,22);1H,(H3,2,3). The molecule has 1 aliphatic carbocycles. The topological polar surface area (TPSA) is 100 Å². The second-order valence-electron chi connectivity index (χ2n) is 6.53. The molecule has 6 heteroatoms. The summed E-state index contributed by atoms with van der Waals surface area (Å²) in [5.41, 5.74) is 6.20. The van der Waals surface area contributed by atoms with Gasteiger partial charge in [0, 0.05) is 19.3 Å². The summed E-state index contributed by atoms with van der Waals surface area (Å²) >= 11 is 0. The molecule has 0 heterocycles. The fourth-order valence-electron chi connectivity index (χ4n) is 3.32. The van der Waals surface area contributed by atoms with Crippen molar-refractivity contribution in [3.63, 3.8) is 0 Å². The molecule has 1 fully saturated rings. The number of nitrogens with one attached hydrogen (secondary N) is 3. The molecule has 1 aromatic carbocycles. The van der Waals surface area contributed by atoms with Crippen molar-refractivity contribution in [2.45, 2.75) is 51.2 Å². The summed E-state index contributed by atoms with van der Waals surface area (Å²) in [6.45, 7) is 6.39. The minimum atomic E-state index is -0.316. The van der Waals surface area contributed by atoms with Gasteiger partial charge in [-0.05, 0) is 55.7 Å². The van der Waals surface area contributed by atoms with Crippen molar-refractivity contribution >= 4 is 18.1 Å². The molecule has 6 nitrogen and oxygen atoms in total. The van der Waals surface area contributed by atoms with E-state index in [2.05, 4.69) is 29.9 Å². The van der Waals surface area contributed by atoms with Crippen LogP contribution < -0.4 is 16.4 Å². The Morgan fingerprint density at radius 2 is 2.12 bits per heavy atom. The van der Waals surface area contributed by atoms with Crippen LogP contribution in [0, 0.1) is 11.3 Å². The van der Waals surface area contributed by atoms with Gasteiger partial charge >= 0.3 is 6.09 Å². The van der Waals surface area contributed by atoms with Crippen LogP contribution in [-0.4, -0.2) is 25.1 Å². The van der Waals surface area contributed by atoms with Crippen molar-refractivity contribution in [2.75, 3.05) is 12.4 Å². The summed E-state index contributed by atoms with van der Waals surface area (Å²) in [5, 5.41) is 11.8. The highest BCUT2D eigenvalue weighted by Gasteiger charge is 2.40. The van der Waals surface area contributed by atoms with Gasteiger partial charge in [-0.1, -0.05) is 25.1 Å². The Balaban J connectivity index is 0.00000105. The van der Waals surface area contributed by atoms with Crippen molar-refractivity contribution in [3.05, 3.63) is 42.5 Å². The maximum atomic E-state index is 12.2. The van der Waals surface area contributed by atoms with Crippen molar-refractivity contribution in [1.29, 1.82) is 5.41 Å². The molecule has 26 heavy (non-hydrogen) atoms. The first kappa shape index (κ1) is 21.5. The molecule has 0 aliphatic heterocycles. The zero-order valence-corrected chi connectivity index (χ0v) is 15.9. The van der Waals surface area contributed by atoms with E-state index >= 15 is 0 Å². The highest BCUT2D eigenvalue weighted by atomic mass is 16.6. The molecule has 1 aromatic rings. The highest BCUT2D eigenvalue weighted by molar-refractivity contribution is 5.67. The maximum absolute atomic E-state index is 12.2. The first-order valence-electron chi connectivity index (χ1n) is 9.07.